The molecule has 0 saturated carbocycles. The van der Waals surface area contributed by atoms with Gasteiger partial charge in [-0.3, -0.25) is 0 Å². The molecule has 0 heterocycles. The second kappa shape index (κ2) is 8.36. The Morgan fingerprint density at radius 3 is 1.69 bits per heavy atom. The Morgan fingerprint density at radius 2 is 1.17 bits per heavy atom. The van der Waals surface area contributed by atoms with Crippen LogP contribution >= 0.6 is 0 Å². The number of anilines is 3. The zero-order chi connectivity index (χ0) is 20.2. The number of aryl methyl sites for hydroxylation is 1. The van der Waals surface area contributed by atoms with E-state index in [2.05, 4.69) is 129 Å². The Kier molecular flexibility index (Phi) is 5.48. The van der Waals surface area contributed by atoms with Crippen molar-refractivity contribution in [2.24, 2.45) is 0 Å². The van der Waals surface area contributed by atoms with Gasteiger partial charge in [-0.1, -0.05) is 92.2 Å². The van der Waals surface area contributed by atoms with Gasteiger partial charge in [0.05, 0.1) is 5.69 Å². The van der Waals surface area contributed by atoms with Crippen molar-refractivity contribution < 1.29 is 0 Å². The van der Waals surface area contributed by atoms with Gasteiger partial charge < -0.3 is 4.90 Å². The van der Waals surface area contributed by atoms with Crippen molar-refractivity contribution in [3.8, 4) is 11.1 Å². The van der Waals surface area contributed by atoms with E-state index in [4.69, 9.17) is 0 Å². The van der Waals surface area contributed by atoms with Crippen molar-refractivity contribution in [2.75, 3.05) is 4.90 Å². The van der Waals surface area contributed by atoms with Gasteiger partial charge in [-0.05, 0) is 54.3 Å². The van der Waals surface area contributed by atoms with Gasteiger partial charge in [0.15, 0.2) is 0 Å². The van der Waals surface area contributed by atoms with Crippen molar-refractivity contribution in [3.63, 3.8) is 0 Å². The fourth-order valence-corrected chi connectivity index (χ4v) is 3.65. The molecule has 4 aromatic rings. The van der Waals surface area contributed by atoms with Gasteiger partial charge in [0.25, 0.3) is 0 Å². The van der Waals surface area contributed by atoms with E-state index in [1.54, 1.807) is 0 Å². The third-order valence-electron chi connectivity index (χ3n) is 5.32. The molecule has 1 heteroatoms. The van der Waals surface area contributed by atoms with E-state index in [9.17, 15) is 0 Å². The highest BCUT2D eigenvalue weighted by Crippen LogP contribution is 2.41. The van der Waals surface area contributed by atoms with Gasteiger partial charge in [-0.25, -0.2) is 0 Å². The number of nitrogens with zero attached hydrogens (tertiary/aromatic N) is 1. The molecule has 0 aliphatic rings. The zero-order valence-corrected chi connectivity index (χ0v) is 17.3. The van der Waals surface area contributed by atoms with Crippen molar-refractivity contribution in [1.29, 1.82) is 0 Å². The normalized spacial score (nSPS) is 10.9. The number of hydrogen-bond acceptors (Lipinski definition) is 1. The molecule has 0 N–H and O–H groups in total. The fourth-order valence-electron chi connectivity index (χ4n) is 3.65. The lowest BCUT2D eigenvalue weighted by atomic mass is 9.95. The van der Waals surface area contributed by atoms with Crippen LogP contribution in [0.5, 0.6) is 0 Å². The SMILES string of the molecule is Cc1ccc(-c2ccc(C(C)C)cc2N(c2ccccc2)c2ccccc2)cc1. The fraction of sp³-hybridized carbons (Fsp3) is 0.143. The first-order chi connectivity index (χ1) is 14.1. The van der Waals surface area contributed by atoms with Gasteiger partial charge in [0.2, 0.25) is 0 Å². The van der Waals surface area contributed by atoms with E-state index in [1.165, 1.54) is 27.9 Å². The summed E-state index contributed by atoms with van der Waals surface area (Å²) in [6, 6.07) is 36.9. The predicted octanol–water partition coefficient (Wildman–Crippen LogP) is 8.26. The van der Waals surface area contributed by atoms with Crippen LogP contribution in [-0.2, 0) is 0 Å². The van der Waals surface area contributed by atoms with Crippen molar-refractivity contribution >= 4 is 17.1 Å². The Balaban J connectivity index is 1.97. The zero-order valence-electron chi connectivity index (χ0n) is 17.3. The average Bonchev–Trinajstić information content (AvgIpc) is 2.76. The molecular weight excluding hydrogens is 350 g/mol. The molecule has 0 spiro atoms. The third kappa shape index (κ3) is 4.09. The molecule has 0 amide bonds. The van der Waals surface area contributed by atoms with Gasteiger partial charge in [0.1, 0.15) is 0 Å². The molecule has 0 unspecified atom stereocenters. The molecule has 0 atom stereocenters. The molecule has 144 valence electrons. The summed E-state index contributed by atoms with van der Waals surface area (Å²) >= 11 is 0. The molecular formula is C28H27N. The predicted molar refractivity (Wildman–Crippen MR) is 125 cm³/mol. The summed E-state index contributed by atoms with van der Waals surface area (Å²) in [4.78, 5) is 2.36. The van der Waals surface area contributed by atoms with Gasteiger partial charge in [0, 0.05) is 16.9 Å². The maximum absolute atomic E-state index is 2.36. The minimum atomic E-state index is 0.467. The first-order valence-corrected chi connectivity index (χ1v) is 10.2. The molecule has 0 radical (unpaired) electrons. The largest absolute Gasteiger partial charge is 0.310 e. The summed E-state index contributed by atoms with van der Waals surface area (Å²) in [5.74, 6) is 0.467. The summed E-state index contributed by atoms with van der Waals surface area (Å²) in [5, 5.41) is 0. The standard InChI is InChI=1S/C28H27N/c1-21(2)24-18-19-27(23-16-14-22(3)15-17-23)28(20-24)29(25-10-6-4-7-11-25)26-12-8-5-9-13-26/h4-21H,1-3H3. The van der Waals surface area contributed by atoms with Crippen molar-refractivity contribution in [1.82, 2.24) is 0 Å². The van der Waals surface area contributed by atoms with Crippen LogP contribution in [0.15, 0.2) is 103 Å². The van der Waals surface area contributed by atoms with Crippen LogP contribution in [0.4, 0.5) is 17.1 Å². The van der Waals surface area contributed by atoms with E-state index in [-0.39, 0.29) is 0 Å². The molecule has 0 aliphatic heterocycles. The number of para-hydroxylation sites is 2. The molecule has 4 aromatic carbocycles. The van der Waals surface area contributed by atoms with Crippen LogP contribution in [0, 0.1) is 6.92 Å². The molecule has 0 aliphatic carbocycles. The molecule has 0 aromatic heterocycles. The van der Waals surface area contributed by atoms with Gasteiger partial charge in [-0.2, -0.15) is 0 Å². The van der Waals surface area contributed by atoms with Crippen LogP contribution < -0.4 is 4.90 Å². The summed E-state index contributed by atoms with van der Waals surface area (Å²) in [5.41, 5.74) is 8.61. The van der Waals surface area contributed by atoms with Gasteiger partial charge in [-0.15, -0.1) is 0 Å². The minimum Gasteiger partial charge on any atom is -0.310 e. The highest BCUT2D eigenvalue weighted by atomic mass is 15.1. The number of benzene rings is 4. The average molecular weight is 378 g/mol. The lowest BCUT2D eigenvalue weighted by Crippen LogP contribution is -2.11. The van der Waals surface area contributed by atoms with Crippen LogP contribution in [0.1, 0.15) is 30.9 Å². The summed E-state index contributed by atoms with van der Waals surface area (Å²) < 4.78 is 0. The first kappa shape index (κ1) is 19.0. The summed E-state index contributed by atoms with van der Waals surface area (Å²) in [6.07, 6.45) is 0. The van der Waals surface area contributed by atoms with Crippen LogP contribution in [-0.4, -0.2) is 0 Å². The van der Waals surface area contributed by atoms with Crippen molar-refractivity contribution in [2.45, 2.75) is 26.7 Å². The van der Waals surface area contributed by atoms with E-state index < -0.39 is 0 Å². The topological polar surface area (TPSA) is 3.24 Å². The van der Waals surface area contributed by atoms with Gasteiger partial charge >= 0.3 is 0 Å². The maximum atomic E-state index is 2.36. The number of hydrogen-bond donors (Lipinski definition) is 0. The summed E-state index contributed by atoms with van der Waals surface area (Å²) in [7, 11) is 0. The lowest BCUT2D eigenvalue weighted by molar-refractivity contribution is 0.866. The second-order valence-corrected chi connectivity index (χ2v) is 7.80. The first-order valence-electron chi connectivity index (χ1n) is 10.2. The Morgan fingerprint density at radius 1 is 0.621 bits per heavy atom. The van der Waals surface area contributed by atoms with Crippen LogP contribution in [0.2, 0.25) is 0 Å². The Bertz CT molecular complexity index is 1020. The van der Waals surface area contributed by atoms with E-state index in [1.807, 2.05) is 0 Å². The van der Waals surface area contributed by atoms with Crippen LogP contribution in [0.3, 0.4) is 0 Å². The third-order valence-corrected chi connectivity index (χ3v) is 5.32. The monoisotopic (exact) mass is 377 g/mol. The highest BCUT2D eigenvalue weighted by Gasteiger charge is 2.18. The Labute approximate surface area is 174 Å². The molecule has 4 rings (SSSR count). The molecule has 1 nitrogen and oxygen atoms in total. The number of rotatable bonds is 5. The van der Waals surface area contributed by atoms with E-state index in [0.29, 0.717) is 5.92 Å². The summed E-state index contributed by atoms with van der Waals surface area (Å²) in [6.45, 7) is 6.63. The highest BCUT2D eigenvalue weighted by molar-refractivity contribution is 5.88. The smallest absolute Gasteiger partial charge is 0.0542 e. The molecule has 0 saturated heterocycles. The van der Waals surface area contributed by atoms with E-state index in [0.717, 1.165) is 11.4 Å². The molecule has 0 fully saturated rings. The molecule has 29 heavy (non-hydrogen) atoms. The minimum absolute atomic E-state index is 0.467. The second-order valence-electron chi connectivity index (χ2n) is 7.80. The lowest BCUT2D eigenvalue weighted by Gasteiger charge is -2.29. The maximum Gasteiger partial charge on any atom is 0.0542 e. The molecule has 0 bridgehead atoms. The Hall–Kier alpha value is -3.32. The van der Waals surface area contributed by atoms with Crippen molar-refractivity contribution in [3.05, 3.63) is 114 Å². The van der Waals surface area contributed by atoms with E-state index >= 15 is 0 Å². The quantitative estimate of drug-likeness (QED) is 0.338. The van der Waals surface area contributed by atoms with Crippen LogP contribution in [0.25, 0.3) is 11.1 Å².